The van der Waals surface area contributed by atoms with Gasteiger partial charge in [0.2, 0.25) is 0 Å². The minimum absolute atomic E-state index is 0.113. The third-order valence-electron chi connectivity index (χ3n) is 4.19. The molecule has 0 radical (unpaired) electrons. The normalized spacial score (nSPS) is 10.3. The van der Waals surface area contributed by atoms with Crippen LogP contribution >= 0.6 is 24.0 Å². The van der Waals surface area contributed by atoms with E-state index in [-0.39, 0.29) is 5.78 Å². The molecule has 0 spiro atoms. The Hall–Kier alpha value is -2.83. The van der Waals surface area contributed by atoms with Crippen LogP contribution in [0.2, 0.25) is 0 Å². The predicted octanol–water partition coefficient (Wildman–Crippen LogP) is 5.79. The number of rotatable bonds is 7. The minimum atomic E-state index is 0.113. The van der Waals surface area contributed by atoms with Gasteiger partial charge in [0.1, 0.15) is 5.75 Å². The van der Waals surface area contributed by atoms with Crippen LogP contribution in [0.15, 0.2) is 77.7 Å². The van der Waals surface area contributed by atoms with E-state index >= 15 is 0 Å². The van der Waals surface area contributed by atoms with Gasteiger partial charge in [-0.05, 0) is 49.5 Å². The lowest BCUT2D eigenvalue weighted by molar-refractivity contribution is 0.102. The van der Waals surface area contributed by atoms with E-state index in [0.717, 1.165) is 33.1 Å². The maximum absolute atomic E-state index is 12.4. The first kappa shape index (κ1) is 20.9. The van der Waals surface area contributed by atoms with Gasteiger partial charge in [-0.3, -0.25) is 4.79 Å². The van der Waals surface area contributed by atoms with Crippen LogP contribution in [0.1, 0.15) is 15.9 Å². The fourth-order valence-electron chi connectivity index (χ4n) is 2.67. The molecular weight excluding hydrogens is 400 g/mol. The molecular formula is C23H22N2O2S2. The van der Waals surface area contributed by atoms with Crippen LogP contribution in [-0.2, 0) is 0 Å². The molecule has 0 saturated carbocycles. The van der Waals surface area contributed by atoms with E-state index < -0.39 is 0 Å². The van der Waals surface area contributed by atoms with Gasteiger partial charge in [-0.2, -0.15) is 0 Å². The van der Waals surface area contributed by atoms with Crippen LogP contribution in [0.4, 0.5) is 11.4 Å². The summed E-state index contributed by atoms with van der Waals surface area (Å²) >= 11 is 6.92. The van der Waals surface area contributed by atoms with Gasteiger partial charge in [-0.1, -0.05) is 48.0 Å². The Labute approximate surface area is 180 Å². The number of anilines is 2. The van der Waals surface area contributed by atoms with Gasteiger partial charge in [-0.15, -0.1) is 11.8 Å². The summed E-state index contributed by atoms with van der Waals surface area (Å²) in [5.41, 5.74) is 3.53. The smallest absolute Gasteiger partial charge is 0.175 e. The molecule has 0 atom stereocenters. The van der Waals surface area contributed by atoms with Crippen molar-refractivity contribution < 1.29 is 9.53 Å². The molecule has 29 heavy (non-hydrogen) atoms. The first-order valence-corrected chi connectivity index (χ1v) is 10.5. The number of aryl methyl sites for hydroxylation is 1. The number of carbonyl (C=O) groups excluding carboxylic acids is 1. The Kier molecular flexibility index (Phi) is 7.27. The Balaban J connectivity index is 1.58. The second kappa shape index (κ2) is 10.1. The number of thioether (sulfide) groups is 1. The molecule has 0 unspecified atom stereocenters. The summed E-state index contributed by atoms with van der Waals surface area (Å²) in [5.74, 6) is 1.22. The van der Waals surface area contributed by atoms with Crippen molar-refractivity contribution in [2.45, 2.75) is 11.8 Å². The number of carbonyl (C=O) groups is 1. The largest absolute Gasteiger partial charge is 0.495 e. The quantitative estimate of drug-likeness (QED) is 0.286. The highest BCUT2D eigenvalue weighted by molar-refractivity contribution is 8.00. The Morgan fingerprint density at radius 3 is 2.52 bits per heavy atom. The third-order valence-corrected chi connectivity index (χ3v) is 5.39. The molecule has 6 heteroatoms. The number of nitrogens with one attached hydrogen (secondary N) is 2. The summed E-state index contributed by atoms with van der Waals surface area (Å²) in [6.07, 6.45) is 0. The fraction of sp³-hybridized carbons (Fsp3) is 0.130. The summed E-state index contributed by atoms with van der Waals surface area (Å²) in [6, 6.07) is 23.1. The zero-order valence-electron chi connectivity index (χ0n) is 16.3. The summed E-state index contributed by atoms with van der Waals surface area (Å²) in [7, 11) is 1.62. The van der Waals surface area contributed by atoms with Gasteiger partial charge in [0, 0.05) is 16.1 Å². The number of hydrogen-bond acceptors (Lipinski definition) is 4. The van der Waals surface area contributed by atoms with Crippen LogP contribution in [-0.4, -0.2) is 23.8 Å². The molecule has 3 aromatic rings. The van der Waals surface area contributed by atoms with Gasteiger partial charge >= 0.3 is 0 Å². The SMILES string of the molecule is COc1ccccc1NC(=S)Nc1cccc(SCC(=O)c2ccc(C)cc2)c1. The molecule has 3 aromatic carbocycles. The maximum atomic E-state index is 12.4. The molecule has 0 bridgehead atoms. The second-order valence-corrected chi connectivity index (χ2v) is 7.84. The van der Waals surface area contributed by atoms with E-state index in [9.17, 15) is 4.79 Å². The van der Waals surface area contributed by atoms with Crippen LogP contribution in [0.5, 0.6) is 5.75 Å². The van der Waals surface area contributed by atoms with Crippen LogP contribution in [0.25, 0.3) is 0 Å². The molecule has 4 nitrogen and oxygen atoms in total. The minimum Gasteiger partial charge on any atom is -0.495 e. The van der Waals surface area contributed by atoms with Crippen molar-refractivity contribution in [1.29, 1.82) is 0 Å². The average Bonchev–Trinajstić information content (AvgIpc) is 2.73. The van der Waals surface area contributed by atoms with Crippen molar-refractivity contribution in [1.82, 2.24) is 0 Å². The van der Waals surface area contributed by atoms with Crippen molar-refractivity contribution in [3.8, 4) is 5.75 Å². The van der Waals surface area contributed by atoms with Gasteiger partial charge < -0.3 is 15.4 Å². The molecule has 2 N–H and O–H groups in total. The molecule has 0 aliphatic carbocycles. The van der Waals surface area contributed by atoms with E-state index in [0.29, 0.717) is 10.9 Å². The summed E-state index contributed by atoms with van der Waals surface area (Å²) in [6.45, 7) is 2.01. The predicted molar refractivity (Wildman–Crippen MR) is 126 cm³/mol. The van der Waals surface area contributed by atoms with Crippen molar-refractivity contribution in [2.24, 2.45) is 0 Å². The molecule has 0 heterocycles. The van der Waals surface area contributed by atoms with E-state index in [1.165, 1.54) is 11.8 Å². The van der Waals surface area contributed by atoms with Gasteiger partial charge in [-0.25, -0.2) is 0 Å². The summed E-state index contributed by atoms with van der Waals surface area (Å²) < 4.78 is 5.33. The lowest BCUT2D eigenvalue weighted by atomic mass is 10.1. The van der Waals surface area contributed by atoms with Crippen LogP contribution in [0, 0.1) is 6.92 Å². The highest BCUT2D eigenvalue weighted by Gasteiger charge is 2.08. The van der Waals surface area contributed by atoms with Gasteiger partial charge in [0.15, 0.2) is 10.9 Å². The second-order valence-electron chi connectivity index (χ2n) is 6.39. The Morgan fingerprint density at radius 1 is 1.00 bits per heavy atom. The van der Waals surface area contributed by atoms with E-state index in [2.05, 4.69) is 10.6 Å². The Bertz CT molecular complexity index is 1000. The topological polar surface area (TPSA) is 50.4 Å². The van der Waals surface area contributed by atoms with Crippen molar-refractivity contribution in [2.75, 3.05) is 23.5 Å². The summed E-state index contributed by atoms with van der Waals surface area (Å²) in [5, 5.41) is 6.78. The molecule has 0 aliphatic rings. The first-order valence-electron chi connectivity index (χ1n) is 9.09. The number of hydrogen-bond donors (Lipinski definition) is 2. The van der Waals surface area contributed by atoms with Crippen LogP contribution in [0.3, 0.4) is 0 Å². The molecule has 0 saturated heterocycles. The van der Waals surface area contributed by atoms with Crippen molar-refractivity contribution in [3.63, 3.8) is 0 Å². The lowest BCUT2D eigenvalue weighted by Gasteiger charge is -2.13. The number of ether oxygens (including phenoxy) is 1. The van der Waals surface area contributed by atoms with E-state index in [4.69, 9.17) is 17.0 Å². The average molecular weight is 423 g/mol. The molecule has 0 aliphatic heterocycles. The number of methoxy groups -OCH3 is 1. The number of benzene rings is 3. The zero-order chi connectivity index (χ0) is 20.6. The number of thiocarbonyl (C=S) groups is 1. The monoisotopic (exact) mass is 422 g/mol. The molecule has 0 aromatic heterocycles. The van der Waals surface area contributed by atoms with Gasteiger partial charge in [0.25, 0.3) is 0 Å². The Morgan fingerprint density at radius 2 is 1.76 bits per heavy atom. The maximum Gasteiger partial charge on any atom is 0.175 e. The molecule has 3 rings (SSSR count). The number of ketones is 1. The van der Waals surface area contributed by atoms with E-state index in [1.54, 1.807) is 7.11 Å². The van der Waals surface area contributed by atoms with Crippen molar-refractivity contribution in [3.05, 3.63) is 83.9 Å². The highest BCUT2D eigenvalue weighted by Crippen LogP contribution is 2.25. The standard InChI is InChI=1S/C23H22N2O2S2/c1-16-10-12-17(13-11-16)21(26)15-29-19-7-5-6-18(14-19)24-23(28)25-20-8-3-4-9-22(20)27-2/h3-14H,15H2,1-2H3,(H2,24,25,28). The number of para-hydroxylation sites is 2. The molecule has 0 amide bonds. The zero-order valence-corrected chi connectivity index (χ0v) is 17.9. The van der Waals surface area contributed by atoms with E-state index in [1.807, 2.05) is 79.7 Å². The van der Waals surface area contributed by atoms with Crippen molar-refractivity contribution >= 4 is 46.3 Å². The fourth-order valence-corrected chi connectivity index (χ4v) is 3.75. The third kappa shape index (κ3) is 6.07. The van der Waals surface area contributed by atoms with Gasteiger partial charge in [0.05, 0.1) is 18.6 Å². The first-order chi connectivity index (χ1) is 14.0. The lowest BCUT2D eigenvalue weighted by Crippen LogP contribution is -2.19. The molecule has 148 valence electrons. The highest BCUT2D eigenvalue weighted by atomic mass is 32.2. The summed E-state index contributed by atoms with van der Waals surface area (Å²) in [4.78, 5) is 13.4. The number of Topliss-reactive ketones (excluding diaryl/α,β-unsaturated/α-hetero) is 1. The van der Waals surface area contributed by atoms with Crippen LogP contribution < -0.4 is 15.4 Å². The molecule has 0 fully saturated rings.